The molecule has 0 radical (unpaired) electrons. The number of benzene rings is 1. The van der Waals surface area contributed by atoms with Crippen LogP contribution in [0, 0.1) is 0 Å². The lowest BCUT2D eigenvalue weighted by molar-refractivity contribution is 0.0458. The third-order valence-electron chi connectivity index (χ3n) is 3.17. The first-order valence-electron chi connectivity index (χ1n) is 7.07. The Balaban J connectivity index is 2.31. The number of aromatic carboxylic acids is 1. The van der Waals surface area contributed by atoms with E-state index in [1.165, 1.54) is 25.7 Å². The molecular formula is C16H24O3. The van der Waals surface area contributed by atoms with Crippen LogP contribution in [0.3, 0.4) is 0 Å². The molecule has 1 N–H and O–H groups in total. The van der Waals surface area contributed by atoms with Gasteiger partial charge in [0, 0.05) is 0 Å². The number of carboxylic acid groups (broad SMARTS) is 1. The minimum Gasteiger partial charge on any atom is -0.478 e. The smallest absolute Gasteiger partial charge is 0.335 e. The lowest BCUT2D eigenvalue weighted by atomic mass is 10.1. The first-order chi connectivity index (χ1) is 9.13. The topological polar surface area (TPSA) is 46.5 Å². The highest BCUT2D eigenvalue weighted by atomic mass is 16.5. The van der Waals surface area contributed by atoms with Gasteiger partial charge in [0.25, 0.3) is 0 Å². The molecule has 0 saturated heterocycles. The van der Waals surface area contributed by atoms with Crippen LogP contribution in [0.25, 0.3) is 0 Å². The van der Waals surface area contributed by atoms with Crippen LogP contribution in [0.5, 0.6) is 0 Å². The highest BCUT2D eigenvalue weighted by molar-refractivity contribution is 5.87. The minimum absolute atomic E-state index is 0.227. The molecule has 1 rings (SSSR count). The molecule has 3 nitrogen and oxygen atoms in total. The normalized spacial score (nSPS) is 12.3. The summed E-state index contributed by atoms with van der Waals surface area (Å²) in [6.45, 7) is 4.76. The summed E-state index contributed by atoms with van der Waals surface area (Å²) < 4.78 is 5.75. The molecule has 0 amide bonds. The predicted molar refractivity (Wildman–Crippen MR) is 76.4 cm³/mol. The summed E-state index contributed by atoms with van der Waals surface area (Å²) in [6, 6.07) is 6.93. The summed E-state index contributed by atoms with van der Waals surface area (Å²) >= 11 is 0. The van der Waals surface area contributed by atoms with Crippen molar-refractivity contribution in [3.63, 3.8) is 0 Å². The highest BCUT2D eigenvalue weighted by Gasteiger charge is 2.05. The Morgan fingerprint density at radius 3 is 2.79 bits per heavy atom. The SMILES string of the molecule is CCCCCCC(C)OCc1cccc(C(=O)O)c1. The van der Waals surface area contributed by atoms with Gasteiger partial charge in [-0.15, -0.1) is 0 Å². The van der Waals surface area contributed by atoms with Gasteiger partial charge in [-0.25, -0.2) is 4.79 Å². The van der Waals surface area contributed by atoms with Gasteiger partial charge in [-0.05, 0) is 31.0 Å². The predicted octanol–water partition coefficient (Wildman–Crippen LogP) is 4.26. The maximum absolute atomic E-state index is 10.9. The average Bonchev–Trinajstić information content (AvgIpc) is 2.41. The lowest BCUT2D eigenvalue weighted by Gasteiger charge is -2.13. The average molecular weight is 264 g/mol. The van der Waals surface area contributed by atoms with Gasteiger partial charge in [0.1, 0.15) is 0 Å². The molecule has 1 aromatic carbocycles. The van der Waals surface area contributed by atoms with Crippen LogP contribution >= 0.6 is 0 Å². The molecule has 0 aliphatic carbocycles. The molecule has 106 valence electrons. The van der Waals surface area contributed by atoms with E-state index < -0.39 is 5.97 Å². The van der Waals surface area contributed by atoms with Gasteiger partial charge < -0.3 is 9.84 Å². The molecular weight excluding hydrogens is 240 g/mol. The second-order valence-corrected chi connectivity index (χ2v) is 4.98. The summed E-state index contributed by atoms with van der Waals surface area (Å²) in [5.41, 5.74) is 1.23. The van der Waals surface area contributed by atoms with Crippen molar-refractivity contribution in [2.75, 3.05) is 0 Å². The fourth-order valence-electron chi connectivity index (χ4n) is 1.97. The molecule has 0 heterocycles. The Hall–Kier alpha value is -1.35. The van der Waals surface area contributed by atoms with Gasteiger partial charge in [-0.3, -0.25) is 0 Å². The van der Waals surface area contributed by atoms with E-state index in [4.69, 9.17) is 9.84 Å². The first kappa shape index (κ1) is 15.7. The fourth-order valence-corrected chi connectivity index (χ4v) is 1.97. The van der Waals surface area contributed by atoms with E-state index in [9.17, 15) is 4.79 Å². The van der Waals surface area contributed by atoms with Crippen LogP contribution in [-0.4, -0.2) is 17.2 Å². The third kappa shape index (κ3) is 6.39. The standard InChI is InChI=1S/C16H24O3/c1-3-4-5-6-8-13(2)19-12-14-9-7-10-15(11-14)16(17)18/h7,9-11,13H,3-6,8,12H2,1-2H3,(H,17,18). The van der Waals surface area contributed by atoms with E-state index in [0.29, 0.717) is 12.2 Å². The summed E-state index contributed by atoms with van der Waals surface area (Å²) in [7, 11) is 0. The summed E-state index contributed by atoms with van der Waals surface area (Å²) in [5.74, 6) is -0.894. The largest absolute Gasteiger partial charge is 0.478 e. The summed E-state index contributed by atoms with van der Waals surface area (Å²) in [6.07, 6.45) is 6.29. The van der Waals surface area contributed by atoms with E-state index >= 15 is 0 Å². The molecule has 0 aromatic heterocycles. The number of ether oxygens (including phenoxy) is 1. The molecule has 0 aliphatic rings. The number of hydrogen-bond donors (Lipinski definition) is 1. The van der Waals surface area contributed by atoms with E-state index in [-0.39, 0.29) is 6.10 Å². The molecule has 0 spiro atoms. The van der Waals surface area contributed by atoms with Crippen molar-refractivity contribution in [3.05, 3.63) is 35.4 Å². The zero-order valence-corrected chi connectivity index (χ0v) is 11.9. The molecule has 1 unspecified atom stereocenters. The fraction of sp³-hybridized carbons (Fsp3) is 0.562. The highest BCUT2D eigenvalue weighted by Crippen LogP contribution is 2.12. The molecule has 3 heteroatoms. The molecule has 0 fully saturated rings. The van der Waals surface area contributed by atoms with Crippen molar-refractivity contribution in [1.82, 2.24) is 0 Å². The van der Waals surface area contributed by atoms with Crippen LogP contribution in [0.2, 0.25) is 0 Å². The van der Waals surface area contributed by atoms with Gasteiger partial charge >= 0.3 is 5.97 Å². The summed E-state index contributed by atoms with van der Waals surface area (Å²) in [5, 5.41) is 8.91. The Morgan fingerprint density at radius 2 is 2.11 bits per heavy atom. The maximum Gasteiger partial charge on any atom is 0.335 e. The van der Waals surface area contributed by atoms with E-state index in [1.807, 2.05) is 6.07 Å². The number of unbranched alkanes of at least 4 members (excludes halogenated alkanes) is 3. The molecule has 0 aliphatic heterocycles. The van der Waals surface area contributed by atoms with Crippen molar-refractivity contribution in [2.45, 2.75) is 58.7 Å². The van der Waals surface area contributed by atoms with Crippen LogP contribution in [0.4, 0.5) is 0 Å². The second kappa shape index (κ2) is 8.70. The second-order valence-electron chi connectivity index (χ2n) is 4.98. The van der Waals surface area contributed by atoms with Crippen LogP contribution in [0.1, 0.15) is 61.9 Å². The minimum atomic E-state index is -0.894. The van der Waals surface area contributed by atoms with Crippen molar-refractivity contribution >= 4 is 5.97 Å². The first-order valence-corrected chi connectivity index (χ1v) is 7.07. The van der Waals surface area contributed by atoms with Crippen LogP contribution in [0.15, 0.2) is 24.3 Å². The number of carbonyl (C=O) groups is 1. The van der Waals surface area contributed by atoms with Crippen molar-refractivity contribution in [1.29, 1.82) is 0 Å². The quantitative estimate of drug-likeness (QED) is 0.678. The van der Waals surface area contributed by atoms with Gasteiger partial charge in [0.2, 0.25) is 0 Å². The van der Waals surface area contributed by atoms with Gasteiger partial charge in [0.15, 0.2) is 0 Å². The number of carboxylic acids is 1. The molecule has 19 heavy (non-hydrogen) atoms. The summed E-state index contributed by atoms with van der Waals surface area (Å²) in [4.78, 5) is 10.9. The number of hydrogen-bond acceptors (Lipinski definition) is 2. The maximum atomic E-state index is 10.9. The van der Waals surface area contributed by atoms with E-state index in [0.717, 1.165) is 12.0 Å². The van der Waals surface area contributed by atoms with E-state index in [2.05, 4.69) is 13.8 Å². The van der Waals surface area contributed by atoms with Gasteiger partial charge in [-0.1, -0.05) is 44.7 Å². The zero-order chi connectivity index (χ0) is 14.1. The Morgan fingerprint density at radius 1 is 1.32 bits per heavy atom. The number of rotatable bonds is 9. The molecule has 1 atom stereocenters. The van der Waals surface area contributed by atoms with Gasteiger partial charge in [-0.2, -0.15) is 0 Å². The third-order valence-corrected chi connectivity index (χ3v) is 3.17. The Kier molecular flexibility index (Phi) is 7.19. The Labute approximate surface area is 115 Å². The van der Waals surface area contributed by atoms with Crippen molar-refractivity contribution < 1.29 is 14.6 Å². The molecule has 0 bridgehead atoms. The van der Waals surface area contributed by atoms with Crippen molar-refractivity contribution in [2.24, 2.45) is 0 Å². The Bertz CT molecular complexity index is 387. The van der Waals surface area contributed by atoms with Gasteiger partial charge in [0.05, 0.1) is 18.3 Å². The molecule has 0 saturated carbocycles. The molecule has 1 aromatic rings. The van der Waals surface area contributed by atoms with E-state index in [1.54, 1.807) is 18.2 Å². The van der Waals surface area contributed by atoms with Crippen LogP contribution in [-0.2, 0) is 11.3 Å². The monoisotopic (exact) mass is 264 g/mol. The van der Waals surface area contributed by atoms with Crippen molar-refractivity contribution in [3.8, 4) is 0 Å². The zero-order valence-electron chi connectivity index (χ0n) is 11.9. The lowest BCUT2D eigenvalue weighted by Crippen LogP contribution is -2.08. The van der Waals surface area contributed by atoms with Crippen LogP contribution < -0.4 is 0 Å².